The number of carbonyl (C=O) groups is 1. The molecule has 0 aliphatic carbocycles. The minimum atomic E-state index is -0.00183. The van der Waals surface area contributed by atoms with Crippen LogP contribution in [0, 0.1) is 12.8 Å². The lowest BCUT2D eigenvalue weighted by atomic mass is 10.1. The summed E-state index contributed by atoms with van der Waals surface area (Å²) in [6, 6.07) is 15.3. The van der Waals surface area contributed by atoms with Gasteiger partial charge in [-0.25, -0.2) is 0 Å². The first-order valence-electron chi connectivity index (χ1n) is 8.32. The highest BCUT2D eigenvalue weighted by atomic mass is 16.4. The largest absolute Gasteiger partial charge is 0.416 e. The summed E-state index contributed by atoms with van der Waals surface area (Å²) >= 11 is 0. The van der Waals surface area contributed by atoms with Gasteiger partial charge in [0.05, 0.1) is 0 Å². The van der Waals surface area contributed by atoms with Gasteiger partial charge >= 0.3 is 0 Å². The number of rotatable bonds is 5. The van der Waals surface area contributed by atoms with E-state index in [9.17, 15) is 4.79 Å². The predicted molar refractivity (Wildman–Crippen MR) is 98.0 cm³/mol. The second kappa shape index (κ2) is 7.30. The smallest absolute Gasteiger partial charge is 0.248 e. The van der Waals surface area contributed by atoms with Crippen molar-refractivity contribution in [1.82, 2.24) is 10.2 Å². The number of nitrogens with one attached hydrogen (secondary N) is 1. The molecule has 0 spiro atoms. The topological polar surface area (TPSA) is 68.0 Å². The number of aromatic nitrogens is 2. The quantitative estimate of drug-likeness (QED) is 0.734. The second-order valence-electron chi connectivity index (χ2n) is 6.51. The summed E-state index contributed by atoms with van der Waals surface area (Å²) in [5.41, 5.74) is 3.55. The third kappa shape index (κ3) is 4.32. The Balaban J connectivity index is 1.79. The number of carbonyl (C=O) groups excluding carboxylic acids is 1. The highest BCUT2D eigenvalue weighted by Gasteiger charge is 2.12. The fourth-order valence-corrected chi connectivity index (χ4v) is 2.47. The number of hydrogen-bond donors (Lipinski definition) is 1. The van der Waals surface area contributed by atoms with Crippen LogP contribution in [-0.4, -0.2) is 16.1 Å². The molecule has 25 heavy (non-hydrogen) atoms. The zero-order chi connectivity index (χ0) is 17.8. The first-order chi connectivity index (χ1) is 12.0. The molecule has 0 saturated carbocycles. The summed E-state index contributed by atoms with van der Waals surface area (Å²) in [5, 5.41) is 11.1. The lowest BCUT2D eigenvalue weighted by molar-refractivity contribution is -0.116. The Bertz CT molecular complexity index is 867. The molecule has 2 aromatic carbocycles. The molecule has 0 atom stereocenters. The van der Waals surface area contributed by atoms with Crippen LogP contribution in [0.4, 0.5) is 5.69 Å². The van der Waals surface area contributed by atoms with Crippen LogP contribution in [0.25, 0.3) is 22.9 Å². The summed E-state index contributed by atoms with van der Waals surface area (Å²) in [6.45, 7) is 6.06. The average Bonchev–Trinajstić information content (AvgIpc) is 3.05. The van der Waals surface area contributed by atoms with Crippen molar-refractivity contribution < 1.29 is 9.21 Å². The minimum Gasteiger partial charge on any atom is -0.416 e. The maximum atomic E-state index is 11.9. The molecule has 5 nitrogen and oxygen atoms in total. The molecular formula is C20H21N3O2. The molecular weight excluding hydrogens is 314 g/mol. The second-order valence-corrected chi connectivity index (χ2v) is 6.51. The van der Waals surface area contributed by atoms with E-state index in [0.717, 1.165) is 16.8 Å². The van der Waals surface area contributed by atoms with Gasteiger partial charge in [-0.2, -0.15) is 0 Å². The zero-order valence-electron chi connectivity index (χ0n) is 14.6. The van der Waals surface area contributed by atoms with Gasteiger partial charge in [-0.05, 0) is 43.2 Å². The molecule has 128 valence electrons. The number of nitrogens with zero attached hydrogens (tertiary/aromatic N) is 2. The normalized spacial score (nSPS) is 10.9. The molecule has 1 aromatic heterocycles. The summed E-state index contributed by atoms with van der Waals surface area (Å²) in [4.78, 5) is 11.9. The molecule has 5 heteroatoms. The summed E-state index contributed by atoms with van der Waals surface area (Å²) < 4.78 is 5.79. The van der Waals surface area contributed by atoms with Crippen LogP contribution in [-0.2, 0) is 4.79 Å². The van der Waals surface area contributed by atoms with Gasteiger partial charge in [0.1, 0.15) is 0 Å². The van der Waals surface area contributed by atoms with Crippen molar-refractivity contribution in [2.24, 2.45) is 5.92 Å². The van der Waals surface area contributed by atoms with Crippen molar-refractivity contribution in [3.63, 3.8) is 0 Å². The third-order valence-electron chi connectivity index (χ3n) is 3.71. The Morgan fingerprint density at radius 3 is 2.40 bits per heavy atom. The maximum absolute atomic E-state index is 11.9. The van der Waals surface area contributed by atoms with Crippen LogP contribution in [0.15, 0.2) is 52.9 Å². The Morgan fingerprint density at radius 2 is 1.72 bits per heavy atom. The van der Waals surface area contributed by atoms with Crippen molar-refractivity contribution in [2.75, 3.05) is 5.32 Å². The lowest BCUT2D eigenvalue weighted by Crippen LogP contribution is -2.13. The Labute approximate surface area is 147 Å². The van der Waals surface area contributed by atoms with E-state index in [1.165, 1.54) is 5.56 Å². The fraction of sp³-hybridized carbons (Fsp3) is 0.250. The van der Waals surface area contributed by atoms with Gasteiger partial charge in [-0.15, -0.1) is 10.2 Å². The lowest BCUT2D eigenvalue weighted by Gasteiger charge is -2.07. The molecule has 1 heterocycles. The molecule has 0 bridgehead atoms. The molecule has 1 amide bonds. The summed E-state index contributed by atoms with van der Waals surface area (Å²) in [5.74, 6) is 1.22. The van der Waals surface area contributed by atoms with Crippen molar-refractivity contribution in [2.45, 2.75) is 27.2 Å². The molecule has 0 radical (unpaired) electrons. The highest BCUT2D eigenvalue weighted by molar-refractivity contribution is 5.91. The molecule has 0 aliphatic heterocycles. The van der Waals surface area contributed by atoms with Gasteiger partial charge in [0.2, 0.25) is 17.7 Å². The molecule has 1 N–H and O–H groups in total. The van der Waals surface area contributed by atoms with Crippen LogP contribution >= 0.6 is 0 Å². The molecule has 0 aliphatic rings. The number of hydrogen-bond acceptors (Lipinski definition) is 4. The number of amides is 1. The molecule has 0 fully saturated rings. The third-order valence-corrected chi connectivity index (χ3v) is 3.71. The molecule has 3 rings (SSSR count). The van der Waals surface area contributed by atoms with E-state index in [1.54, 1.807) is 0 Å². The van der Waals surface area contributed by atoms with E-state index in [4.69, 9.17) is 4.42 Å². The Hall–Kier alpha value is -2.95. The maximum Gasteiger partial charge on any atom is 0.248 e. The van der Waals surface area contributed by atoms with E-state index in [1.807, 2.05) is 69.3 Å². The molecule has 0 saturated heterocycles. The Morgan fingerprint density at radius 1 is 1.04 bits per heavy atom. The van der Waals surface area contributed by atoms with Crippen LogP contribution < -0.4 is 5.32 Å². The van der Waals surface area contributed by atoms with Gasteiger partial charge < -0.3 is 9.73 Å². The Kier molecular flexibility index (Phi) is 4.93. The average molecular weight is 335 g/mol. The predicted octanol–water partition coefficient (Wildman–Crippen LogP) is 4.70. The van der Waals surface area contributed by atoms with Crippen molar-refractivity contribution >= 4 is 11.6 Å². The van der Waals surface area contributed by atoms with Crippen LogP contribution in [0.2, 0.25) is 0 Å². The zero-order valence-corrected chi connectivity index (χ0v) is 14.6. The number of aryl methyl sites for hydroxylation is 1. The first-order valence-corrected chi connectivity index (χ1v) is 8.32. The number of benzene rings is 2. The fourth-order valence-electron chi connectivity index (χ4n) is 2.47. The van der Waals surface area contributed by atoms with Gasteiger partial charge in [0, 0.05) is 23.2 Å². The number of anilines is 1. The highest BCUT2D eigenvalue weighted by Crippen LogP contribution is 2.26. The van der Waals surface area contributed by atoms with Crippen LogP contribution in [0.5, 0.6) is 0 Å². The van der Waals surface area contributed by atoms with E-state index in [2.05, 4.69) is 15.5 Å². The van der Waals surface area contributed by atoms with Crippen LogP contribution in [0.1, 0.15) is 25.8 Å². The van der Waals surface area contributed by atoms with Gasteiger partial charge in [-0.3, -0.25) is 4.79 Å². The monoisotopic (exact) mass is 335 g/mol. The van der Waals surface area contributed by atoms with Crippen molar-refractivity contribution in [3.8, 4) is 22.9 Å². The minimum absolute atomic E-state index is 0.00183. The van der Waals surface area contributed by atoms with E-state index in [-0.39, 0.29) is 5.91 Å². The summed E-state index contributed by atoms with van der Waals surface area (Å²) in [6.07, 6.45) is 0.488. The van der Waals surface area contributed by atoms with Crippen LogP contribution in [0.3, 0.4) is 0 Å². The van der Waals surface area contributed by atoms with E-state index in [0.29, 0.717) is 24.1 Å². The van der Waals surface area contributed by atoms with E-state index < -0.39 is 0 Å². The van der Waals surface area contributed by atoms with E-state index >= 15 is 0 Å². The van der Waals surface area contributed by atoms with Gasteiger partial charge in [-0.1, -0.05) is 37.6 Å². The molecule has 3 aromatic rings. The van der Waals surface area contributed by atoms with Gasteiger partial charge in [0.25, 0.3) is 0 Å². The SMILES string of the molecule is Cc1ccc(-c2nnc(-c3cccc(NC(=O)CC(C)C)c3)o2)cc1. The van der Waals surface area contributed by atoms with Crippen molar-refractivity contribution in [1.29, 1.82) is 0 Å². The van der Waals surface area contributed by atoms with Gasteiger partial charge in [0.15, 0.2) is 0 Å². The first kappa shape index (κ1) is 16.9. The molecule has 0 unspecified atom stereocenters. The summed E-state index contributed by atoms with van der Waals surface area (Å²) in [7, 11) is 0. The standard InChI is InChI=1S/C20H21N3O2/c1-13(2)11-18(24)21-17-6-4-5-16(12-17)20-23-22-19(25-20)15-9-7-14(3)8-10-15/h4-10,12-13H,11H2,1-3H3,(H,21,24). The van der Waals surface area contributed by atoms with Crippen molar-refractivity contribution in [3.05, 3.63) is 54.1 Å².